The molecule has 1 aromatic carbocycles. The molecule has 1 unspecified atom stereocenters. The lowest BCUT2D eigenvalue weighted by Crippen LogP contribution is -2.16. The van der Waals surface area contributed by atoms with Gasteiger partial charge >= 0.3 is 7.60 Å². The maximum Gasteiger partial charge on any atom is 0.359 e. The number of rotatable bonds is 4. The molecular formula is C11H17O3P. The Kier molecular flexibility index (Phi) is 4.09. The van der Waals surface area contributed by atoms with E-state index in [1.165, 1.54) is 0 Å². The normalized spacial score (nSPS) is 14.9. The van der Waals surface area contributed by atoms with Crippen molar-refractivity contribution < 1.29 is 14.0 Å². The Morgan fingerprint density at radius 1 is 1.40 bits per heavy atom. The van der Waals surface area contributed by atoms with E-state index in [1.807, 2.05) is 32.0 Å². The Balaban J connectivity index is 3.28. The van der Waals surface area contributed by atoms with Crippen LogP contribution in [0.25, 0.3) is 0 Å². The highest BCUT2D eigenvalue weighted by atomic mass is 31.2. The van der Waals surface area contributed by atoms with E-state index in [4.69, 9.17) is 4.52 Å². The van der Waals surface area contributed by atoms with Crippen LogP contribution in [0.5, 0.6) is 0 Å². The van der Waals surface area contributed by atoms with Gasteiger partial charge in [0.1, 0.15) is 0 Å². The Morgan fingerprint density at radius 3 is 2.60 bits per heavy atom. The van der Waals surface area contributed by atoms with Gasteiger partial charge in [0.2, 0.25) is 0 Å². The molecule has 1 rings (SSSR count). The Morgan fingerprint density at radius 2 is 2.07 bits per heavy atom. The lowest BCUT2D eigenvalue weighted by Gasteiger charge is -2.16. The molecule has 1 atom stereocenters. The molecule has 0 amide bonds. The number of hydrogen-bond acceptors (Lipinski definition) is 2. The van der Waals surface area contributed by atoms with Gasteiger partial charge in [-0.25, -0.2) is 0 Å². The van der Waals surface area contributed by atoms with Gasteiger partial charge in [-0.05, 0) is 31.4 Å². The zero-order chi connectivity index (χ0) is 11.5. The highest BCUT2D eigenvalue weighted by Gasteiger charge is 2.26. The molecule has 0 saturated heterocycles. The largest absolute Gasteiger partial charge is 0.359 e. The minimum Gasteiger partial charge on any atom is -0.321 e. The molecule has 0 spiro atoms. The highest BCUT2D eigenvalue weighted by molar-refractivity contribution is 7.61. The standard InChI is InChI=1S/C11H17O3P/c1-4-10-8-6-7-9(3)11(10)15(12,13)14-5-2/h6-8H,4-5H2,1-3H3,(H,12,13). The van der Waals surface area contributed by atoms with Crippen LogP contribution in [0.3, 0.4) is 0 Å². The van der Waals surface area contributed by atoms with Crippen molar-refractivity contribution in [3.63, 3.8) is 0 Å². The molecule has 0 heterocycles. The number of benzene rings is 1. The summed E-state index contributed by atoms with van der Waals surface area (Å²) in [6, 6.07) is 5.59. The van der Waals surface area contributed by atoms with Gasteiger partial charge in [0.15, 0.2) is 0 Å². The molecule has 0 aromatic heterocycles. The highest BCUT2D eigenvalue weighted by Crippen LogP contribution is 2.42. The molecule has 4 heteroatoms. The first-order chi connectivity index (χ1) is 7.03. The van der Waals surface area contributed by atoms with Crippen molar-refractivity contribution >= 4 is 12.9 Å². The summed E-state index contributed by atoms with van der Waals surface area (Å²) in [5.41, 5.74) is 1.70. The van der Waals surface area contributed by atoms with Gasteiger partial charge in [-0.3, -0.25) is 4.57 Å². The van der Waals surface area contributed by atoms with Crippen LogP contribution < -0.4 is 5.30 Å². The average Bonchev–Trinajstić information content (AvgIpc) is 2.16. The summed E-state index contributed by atoms with van der Waals surface area (Å²) >= 11 is 0. The van der Waals surface area contributed by atoms with Crippen molar-refractivity contribution in [3.8, 4) is 0 Å². The smallest absolute Gasteiger partial charge is 0.321 e. The first-order valence-electron chi connectivity index (χ1n) is 5.09. The van der Waals surface area contributed by atoms with Crippen LogP contribution in [-0.4, -0.2) is 11.5 Å². The third kappa shape index (κ3) is 2.69. The van der Waals surface area contributed by atoms with E-state index >= 15 is 0 Å². The Labute approximate surface area is 90.6 Å². The van der Waals surface area contributed by atoms with E-state index in [2.05, 4.69) is 0 Å². The van der Waals surface area contributed by atoms with Crippen LogP contribution in [0.4, 0.5) is 0 Å². The predicted molar refractivity (Wildman–Crippen MR) is 61.6 cm³/mol. The van der Waals surface area contributed by atoms with Crippen LogP contribution in [0.1, 0.15) is 25.0 Å². The SMILES string of the molecule is CCOP(=O)(O)c1c(C)cccc1CC. The predicted octanol–water partition coefficient (Wildman–Crippen LogP) is 2.40. The van der Waals surface area contributed by atoms with Gasteiger partial charge < -0.3 is 9.42 Å². The maximum atomic E-state index is 11.9. The fourth-order valence-electron chi connectivity index (χ4n) is 1.65. The molecule has 1 N–H and O–H groups in total. The maximum absolute atomic E-state index is 11.9. The summed E-state index contributed by atoms with van der Waals surface area (Å²) in [4.78, 5) is 9.81. The fraction of sp³-hybridized carbons (Fsp3) is 0.455. The lowest BCUT2D eigenvalue weighted by molar-refractivity contribution is 0.284. The molecule has 0 aliphatic heterocycles. The van der Waals surface area contributed by atoms with Crippen LogP contribution in [0.2, 0.25) is 0 Å². The third-order valence-corrected chi connectivity index (χ3v) is 4.10. The van der Waals surface area contributed by atoms with E-state index in [0.29, 0.717) is 5.30 Å². The molecule has 84 valence electrons. The summed E-state index contributed by atoms with van der Waals surface area (Å²) in [5.74, 6) is 0. The number of aryl methyl sites for hydroxylation is 2. The third-order valence-electron chi connectivity index (χ3n) is 2.29. The van der Waals surface area contributed by atoms with E-state index in [1.54, 1.807) is 6.92 Å². The molecule has 0 aliphatic carbocycles. The molecule has 0 aliphatic rings. The first-order valence-corrected chi connectivity index (χ1v) is 6.67. The van der Waals surface area contributed by atoms with Crippen molar-refractivity contribution in [2.24, 2.45) is 0 Å². The summed E-state index contributed by atoms with van der Waals surface area (Å²) < 4.78 is 16.9. The van der Waals surface area contributed by atoms with E-state index in [-0.39, 0.29) is 6.61 Å². The molecule has 0 radical (unpaired) electrons. The molecule has 0 fully saturated rings. The van der Waals surface area contributed by atoms with Crippen LogP contribution in [0.15, 0.2) is 18.2 Å². The van der Waals surface area contributed by atoms with E-state index < -0.39 is 7.60 Å². The first kappa shape index (κ1) is 12.4. The minimum absolute atomic E-state index is 0.241. The molecule has 3 nitrogen and oxygen atoms in total. The molecule has 0 bridgehead atoms. The van der Waals surface area contributed by atoms with Crippen molar-refractivity contribution in [1.82, 2.24) is 0 Å². The molecular weight excluding hydrogens is 211 g/mol. The van der Waals surface area contributed by atoms with Crippen molar-refractivity contribution in [2.75, 3.05) is 6.61 Å². The van der Waals surface area contributed by atoms with E-state index in [9.17, 15) is 9.46 Å². The van der Waals surface area contributed by atoms with Gasteiger partial charge in [0, 0.05) is 0 Å². The fourth-order valence-corrected chi connectivity index (χ4v) is 3.24. The van der Waals surface area contributed by atoms with Gasteiger partial charge in [0.25, 0.3) is 0 Å². The zero-order valence-corrected chi connectivity index (χ0v) is 10.3. The summed E-state index contributed by atoms with van der Waals surface area (Å²) in [6.07, 6.45) is 0.731. The monoisotopic (exact) mass is 228 g/mol. The van der Waals surface area contributed by atoms with Crippen LogP contribution >= 0.6 is 7.60 Å². The van der Waals surface area contributed by atoms with Crippen molar-refractivity contribution in [2.45, 2.75) is 27.2 Å². The summed E-state index contributed by atoms with van der Waals surface area (Å²) in [6.45, 7) is 5.75. The average molecular weight is 228 g/mol. The zero-order valence-electron chi connectivity index (χ0n) is 9.36. The van der Waals surface area contributed by atoms with Gasteiger partial charge in [-0.15, -0.1) is 0 Å². The molecule has 1 aromatic rings. The number of hydrogen-bond donors (Lipinski definition) is 1. The minimum atomic E-state index is -3.64. The quantitative estimate of drug-likeness (QED) is 0.805. The Hall–Kier alpha value is -0.630. The van der Waals surface area contributed by atoms with E-state index in [0.717, 1.165) is 17.5 Å². The van der Waals surface area contributed by atoms with Crippen molar-refractivity contribution in [1.29, 1.82) is 0 Å². The van der Waals surface area contributed by atoms with Gasteiger partial charge in [-0.2, -0.15) is 0 Å². The second kappa shape index (κ2) is 4.93. The second-order valence-corrected chi connectivity index (χ2v) is 5.12. The van der Waals surface area contributed by atoms with Gasteiger partial charge in [-0.1, -0.05) is 25.1 Å². The molecule has 0 saturated carbocycles. The molecule has 15 heavy (non-hydrogen) atoms. The summed E-state index contributed by atoms with van der Waals surface area (Å²) in [5, 5.41) is 0.467. The summed E-state index contributed by atoms with van der Waals surface area (Å²) in [7, 11) is -3.64. The lowest BCUT2D eigenvalue weighted by atomic mass is 10.1. The second-order valence-electron chi connectivity index (χ2n) is 3.37. The van der Waals surface area contributed by atoms with Crippen LogP contribution in [0, 0.1) is 6.92 Å². The Bertz CT molecular complexity index is 387. The van der Waals surface area contributed by atoms with Crippen LogP contribution in [-0.2, 0) is 15.5 Å². The topological polar surface area (TPSA) is 46.5 Å². The van der Waals surface area contributed by atoms with Crippen molar-refractivity contribution in [3.05, 3.63) is 29.3 Å². The van der Waals surface area contributed by atoms with Gasteiger partial charge in [0.05, 0.1) is 11.9 Å².